The van der Waals surface area contributed by atoms with Crippen LogP contribution in [0.1, 0.15) is 39.1 Å². The number of carbonyl (C=O) groups excluding carboxylic acids is 1. The van der Waals surface area contributed by atoms with Crippen LogP contribution in [0.3, 0.4) is 0 Å². The largest absolute Gasteiger partial charge is 0.379 e. The van der Waals surface area contributed by atoms with Crippen molar-refractivity contribution in [1.82, 2.24) is 19.8 Å². The van der Waals surface area contributed by atoms with Crippen LogP contribution in [-0.2, 0) is 17.7 Å². The minimum absolute atomic E-state index is 0.0544. The van der Waals surface area contributed by atoms with Gasteiger partial charge in [-0.2, -0.15) is 0 Å². The number of aryl methyl sites for hydroxylation is 2. The Hall–Kier alpha value is -2.62. The molecule has 3 aromatic rings. The van der Waals surface area contributed by atoms with Crippen molar-refractivity contribution in [2.75, 3.05) is 32.8 Å². The quantitative estimate of drug-likeness (QED) is 0.639. The third-order valence-corrected chi connectivity index (χ3v) is 7.48. The van der Waals surface area contributed by atoms with Gasteiger partial charge in [0.15, 0.2) is 0 Å². The molecule has 0 saturated carbocycles. The van der Waals surface area contributed by atoms with Crippen LogP contribution in [0.4, 0.5) is 4.39 Å². The summed E-state index contributed by atoms with van der Waals surface area (Å²) in [5.74, 6) is 0.269. The van der Waals surface area contributed by atoms with Crippen LogP contribution in [0.25, 0.3) is 10.2 Å². The molecule has 0 radical (unpaired) electrons. The second-order valence-electron chi connectivity index (χ2n) is 8.25. The smallest absolute Gasteiger partial charge is 0.262 e. The zero-order valence-electron chi connectivity index (χ0n) is 17.9. The van der Waals surface area contributed by atoms with Gasteiger partial charge in [0.1, 0.15) is 16.5 Å². The second kappa shape index (κ2) is 8.73. The summed E-state index contributed by atoms with van der Waals surface area (Å²) in [5.41, 5.74) is 1.44. The predicted molar refractivity (Wildman–Crippen MR) is 121 cm³/mol. The molecule has 2 aliphatic heterocycles. The number of thiophene rings is 1. The van der Waals surface area contributed by atoms with Crippen LogP contribution in [0.5, 0.6) is 0 Å². The molecule has 1 atom stereocenters. The first-order valence-corrected chi connectivity index (χ1v) is 11.7. The molecular formula is C23H25FN4O3S. The highest BCUT2D eigenvalue weighted by molar-refractivity contribution is 7.20. The topological polar surface area (TPSA) is 76.5 Å². The molecule has 0 spiro atoms. The number of aromatic nitrogens is 2. The van der Waals surface area contributed by atoms with Crippen molar-refractivity contribution in [3.63, 3.8) is 0 Å². The van der Waals surface area contributed by atoms with E-state index < -0.39 is 0 Å². The summed E-state index contributed by atoms with van der Waals surface area (Å²) in [6.07, 6.45) is 1.72. The lowest BCUT2D eigenvalue weighted by Gasteiger charge is -2.35. The van der Waals surface area contributed by atoms with Crippen molar-refractivity contribution in [2.45, 2.75) is 32.4 Å². The van der Waals surface area contributed by atoms with E-state index in [4.69, 9.17) is 4.74 Å². The Balaban J connectivity index is 1.41. The van der Waals surface area contributed by atoms with Gasteiger partial charge in [0.05, 0.1) is 29.5 Å². The Morgan fingerprint density at radius 2 is 2.12 bits per heavy atom. The first-order valence-electron chi connectivity index (χ1n) is 10.9. The fraction of sp³-hybridized carbons (Fsp3) is 0.435. The molecule has 9 heteroatoms. The molecule has 2 aromatic heterocycles. The van der Waals surface area contributed by atoms with Crippen molar-refractivity contribution < 1.29 is 13.9 Å². The number of amides is 1. The Bertz CT molecular complexity index is 1230. The van der Waals surface area contributed by atoms with Crippen LogP contribution in [0.2, 0.25) is 0 Å². The molecule has 7 nitrogen and oxygen atoms in total. The van der Waals surface area contributed by atoms with E-state index in [1.807, 2.05) is 13.0 Å². The Kier molecular flexibility index (Phi) is 5.79. The highest BCUT2D eigenvalue weighted by Gasteiger charge is 2.26. The maximum absolute atomic E-state index is 13.9. The monoisotopic (exact) mass is 456 g/mol. The summed E-state index contributed by atoms with van der Waals surface area (Å²) in [6.45, 7) is 5.47. The van der Waals surface area contributed by atoms with Gasteiger partial charge >= 0.3 is 0 Å². The second-order valence-corrected chi connectivity index (χ2v) is 9.25. The Morgan fingerprint density at radius 1 is 1.31 bits per heavy atom. The molecule has 168 valence electrons. The number of rotatable bonds is 5. The summed E-state index contributed by atoms with van der Waals surface area (Å²) >= 11 is 1.27. The van der Waals surface area contributed by atoms with Gasteiger partial charge in [-0.15, -0.1) is 11.3 Å². The molecule has 0 aliphatic carbocycles. The molecule has 1 N–H and O–H groups in total. The van der Waals surface area contributed by atoms with E-state index in [2.05, 4.69) is 15.2 Å². The van der Waals surface area contributed by atoms with Crippen molar-refractivity contribution >= 4 is 27.5 Å². The number of hydrogen-bond acceptors (Lipinski definition) is 6. The Labute approximate surface area is 188 Å². The van der Waals surface area contributed by atoms with Gasteiger partial charge in [0, 0.05) is 32.6 Å². The molecule has 0 bridgehead atoms. The molecule has 5 rings (SSSR count). The predicted octanol–water partition coefficient (Wildman–Crippen LogP) is 2.66. The van der Waals surface area contributed by atoms with E-state index in [1.54, 1.807) is 10.6 Å². The van der Waals surface area contributed by atoms with E-state index in [0.717, 1.165) is 24.2 Å². The summed E-state index contributed by atoms with van der Waals surface area (Å²) < 4.78 is 21.1. The molecule has 4 heterocycles. The molecule has 1 unspecified atom stereocenters. The number of nitrogens with zero attached hydrogens (tertiary/aromatic N) is 3. The molecule has 1 aromatic carbocycles. The number of hydrogen-bond donors (Lipinski definition) is 1. The molecule has 2 aliphatic rings. The van der Waals surface area contributed by atoms with Crippen LogP contribution >= 0.6 is 11.3 Å². The van der Waals surface area contributed by atoms with Crippen molar-refractivity contribution in [3.05, 3.63) is 62.3 Å². The molecular weight excluding hydrogens is 431 g/mol. The summed E-state index contributed by atoms with van der Waals surface area (Å²) in [6, 6.07) is 6.34. The third kappa shape index (κ3) is 3.85. The number of nitrogens with one attached hydrogen (secondary N) is 1. The maximum atomic E-state index is 13.9. The summed E-state index contributed by atoms with van der Waals surface area (Å²) in [7, 11) is 0. The minimum Gasteiger partial charge on any atom is -0.379 e. The van der Waals surface area contributed by atoms with Gasteiger partial charge in [-0.25, -0.2) is 9.37 Å². The van der Waals surface area contributed by atoms with Crippen LogP contribution in [0, 0.1) is 12.7 Å². The Morgan fingerprint density at radius 3 is 2.91 bits per heavy atom. The van der Waals surface area contributed by atoms with E-state index in [1.165, 1.54) is 23.5 Å². The lowest BCUT2D eigenvalue weighted by atomic mass is 10.0. The lowest BCUT2D eigenvalue weighted by molar-refractivity contribution is 0.0162. The number of ether oxygens (including phenoxy) is 1. The van der Waals surface area contributed by atoms with Gasteiger partial charge in [-0.3, -0.25) is 19.1 Å². The highest BCUT2D eigenvalue weighted by atomic mass is 32.1. The number of benzene rings is 1. The zero-order chi connectivity index (χ0) is 22.2. The van der Waals surface area contributed by atoms with Gasteiger partial charge in [0.25, 0.3) is 11.5 Å². The highest BCUT2D eigenvalue weighted by Crippen LogP contribution is 2.29. The van der Waals surface area contributed by atoms with E-state index in [9.17, 15) is 14.0 Å². The first kappa shape index (κ1) is 21.2. The van der Waals surface area contributed by atoms with Gasteiger partial charge < -0.3 is 10.1 Å². The van der Waals surface area contributed by atoms with Crippen LogP contribution < -0.4 is 10.9 Å². The molecule has 1 fully saturated rings. The average molecular weight is 457 g/mol. The van der Waals surface area contributed by atoms with Gasteiger partial charge in [-0.05, 0) is 36.6 Å². The standard InChI is InChI=1S/C23H25FN4O3S/c1-14-19-22(26-18-6-3-7-28(18)23(19)30)32-20(14)21(29)25-13-17(27-8-10-31-11-9-27)15-4-2-5-16(24)12-15/h2,4-5,12,17H,3,6-11,13H2,1H3,(H,25,29). The fourth-order valence-electron chi connectivity index (χ4n) is 4.62. The van der Waals surface area contributed by atoms with Crippen molar-refractivity contribution in [1.29, 1.82) is 0 Å². The van der Waals surface area contributed by atoms with Gasteiger partial charge in [0.2, 0.25) is 0 Å². The number of fused-ring (bicyclic) bond motifs is 2. The van der Waals surface area contributed by atoms with Crippen LogP contribution in [0.15, 0.2) is 29.1 Å². The average Bonchev–Trinajstić information content (AvgIpc) is 3.40. The molecule has 1 amide bonds. The molecule has 1 saturated heterocycles. The fourth-order valence-corrected chi connectivity index (χ4v) is 5.73. The third-order valence-electron chi connectivity index (χ3n) is 6.29. The zero-order valence-corrected chi connectivity index (χ0v) is 18.7. The molecule has 32 heavy (non-hydrogen) atoms. The lowest BCUT2D eigenvalue weighted by Crippen LogP contribution is -2.43. The SMILES string of the molecule is Cc1c(C(=O)NCC(c2cccc(F)c2)N2CCOCC2)sc2nc3n(c(=O)c12)CCC3. The van der Waals surface area contributed by atoms with E-state index in [0.29, 0.717) is 60.1 Å². The number of carbonyl (C=O) groups is 1. The maximum Gasteiger partial charge on any atom is 0.262 e. The number of halogens is 1. The number of morpholine rings is 1. The van der Waals surface area contributed by atoms with Crippen LogP contribution in [-0.4, -0.2) is 53.2 Å². The van der Waals surface area contributed by atoms with Crippen molar-refractivity contribution in [2.24, 2.45) is 0 Å². The van der Waals surface area contributed by atoms with E-state index in [-0.39, 0.29) is 23.3 Å². The van der Waals surface area contributed by atoms with Crippen molar-refractivity contribution in [3.8, 4) is 0 Å². The minimum atomic E-state index is -0.299. The summed E-state index contributed by atoms with van der Waals surface area (Å²) in [5, 5.41) is 3.56. The van der Waals surface area contributed by atoms with E-state index >= 15 is 0 Å². The summed E-state index contributed by atoms with van der Waals surface area (Å²) in [4.78, 5) is 34.0. The normalized spacial score (nSPS) is 17.4. The van der Waals surface area contributed by atoms with Gasteiger partial charge in [-0.1, -0.05) is 12.1 Å². The first-order chi connectivity index (χ1) is 15.5.